The lowest BCUT2D eigenvalue weighted by Crippen LogP contribution is -2.45. The van der Waals surface area contributed by atoms with Gasteiger partial charge in [-0.25, -0.2) is 0 Å². The first kappa shape index (κ1) is 15.2. The molecule has 2 rings (SSSR count). The van der Waals surface area contributed by atoms with E-state index in [1.54, 1.807) is 0 Å². The lowest BCUT2D eigenvalue weighted by Gasteiger charge is -2.28. The van der Waals surface area contributed by atoms with Crippen molar-refractivity contribution in [3.05, 3.63) is 33.9 Å². The van der Waals surface area contributed by atoms with Crippen molar-refractivity contribution in [1.82, 2.24) is 5.32 Å². The molecule has 0 aliphatic heterocycles. The van der Waals surface area contributed by atoms with E-state index in [0.717, 1.165) is 12.8 Å². The van der Waals surface area contributed by atoms with Crippen LogP contribution >= 0.6 is 0 Å². The minimum Gasteiger partial charge on any atom is -0.490 e. The number of nitro benzene ring substituents is 1. The SMILES string of the molecule is COc1c(C(=O)N[C@@H]2CCCC[C@H]2O)cccc1[N+](=O)[O-]. The van der Waals surface area contributed by atoms with Gasteiger partial charge in [-0.05, 0) is 18.9 Å². The minimum atomic E-state index is -0.592. The van der Waals surface area contributed by atoms with Crippen LogP contribution in [-0.2, 0) is 0 Å². The van der Waals surface area contributed by atoms with E-state index < -0.39 is 16.9 Å². The molecule has 0 radical (unpaired) electrons. The molecule has 1 aliphatic rings. The van der Waals surface area contributed by atoms with Crippen LogP contribution in [-0.4, -0.2) is 35.2 Å². The first-order valence-electron chi connectivity index (χ1n) is 6.85. The maximum atomic E-state index is 12.3. The molecule has 0 saturated heterocycles. The zero-order valence-electron chi connectivity index (χ0n) is 11.7. The maximum Gasteiger partial charge on any atom is 0.311 e. The number of carbonyl (C=O) groups is 1. The minimum absolute atomic E-state index is 0.0645. The second-order valence-corrected chi connectivity index (χ2v) is 5.05. The van der Waals surface area contributed by atoms with Crippen molar-refractivity contribution in [2.45, 2.75) is 37.8 Å². The summed E-state index contributed by atoms with van der Waals surface area (Å²) in [6.07, 6.45) is 2.65. The Bertz CT molecular complexity index is 546. The Balaban J connectivity index is 2.22. The van der Waals surface area contributed by atoms with Crippen LogP contribution < -0.4 is 10.1 Å². The topological polar surface area (TPSA) is 102 Å². The van der Waals surface area contributed by atoms with Gasteiger partial charge in [0.1, 0.15) is 0 Å². The molecule has 0 heterocycles. The van der Waals surface area contributed by atoms with E-state index in [1.807, 2.05) is 0 Å². The quantitative estimate of drug-likeness (QED) is 0.649. The number of hydrogen-bond acceptors (Lipinski definition) is 5. The first-order valence-corrected chi connectivity index (χ1v) is 6.85. The molecule has 0 aromatic heterocycles. The van der Waals surface area contributed by atoms with Gasteiger partial charge < -0.3 is 15.2 Å². The summed E-state index contributed by atoms with van der Waals surface area (Å²) < 4.78 is 5.01. The van der Waals surface area contributed by atoms with Gasteiger partial charge in [-0.3, -0.25) is 14.9 Å². The Morgan fingerprint density at radius 3 is 2.76 bits per heavy atom. The molecule has 2 N–H and O–H groups in total. The van der Waals surface area contributed by atoms with Crippen molar-refractivity contribution in [3.63, 3.8) is 0 Å². The number of nitrogens with zero attached hydrogens (tertiary/aromatic N) is 1. The van der Waals surface area contributed by atoms with Crippen molar-refractivity contribution >= 4 is 11.6 Å². The lowest BCUT2D eigenvalue weighted by molar-refractivity contribution is -0.385. The van der Waals surface area contributed by atoms with Crippen molar-refractivity contribution < 1.29 is 19.6 Å². The van der Waals surface area contributed by atoms with Crippen LogP contribution in [0.15, 0.2) is 18.2 Å². The van der Waals surface area contributed by atoms with Gasteiger partial charge in [0, 0.05) is 6.07 Å². The summed E-state index contributed by atoms with van der Waals surface area (Å²) in [7, 11) is 1.29. The molecule has 7 nitrogen and oxygen atoms in total. The zero-order chi connectivity index (χ0) is 15.4. The largest absolute Gasteiger partial charge is 0.490 e. The number of carbonyl (C=O) groups excluding carboxylic acids is 1. The molecule has 1 amide bonds. The Hall–Kier alpha value is -2.15. The predicted octanol–water partition coefficient (Wildman–Crippen LogP) is 1.64. The number of ether oxygens (including phenoxy) is 1. The van der Waals surface area contributed by atoms with E-state index in [1.165, 1.54) is 25.3 Å². The fourth-order valence-corrected chi connectivity index (χ4v) is 2.59. The highest BCUT2D eigenvalue weighted by Crippen LogP contribution is 2.30. The molecular weight excluding hydrogens is 276 g/mol. The summed E-state index contributed by atoms with van der Waals surface area (Å²) in [5.41, 5.74) is -0.154. The molecule has 2 atom stereocenters. The summed E-state index contributed by atoms with van der Waals surface area (Å²) in [4.78, 5) is 22.6. The number of rotatable bonds is 4. The Kier molecular flexibility index (Phi) is 4.74. The number of amides is 1. The van der Waals surface area contributed by atoms with Gasteiger partial charge in [-0.2, -0.15) is 0 Å². The van der Waals surface area contributed by atoms with Gasteiger partial charge in [-0.1, -0.05) is 18.9 Å². The summed E-state index contributed by atoms with van der Waals surface area (Å²) in [6.45, 7) is 0. The van der Waals surface area contributed by atoms with Gasteiger partial charge in [0.2, 0.25) is 5.75 Å². The molecule has 1 aromatic rings. The van der Waals surface area contributed by atoms with E-state index in [9.17, 15) is 20.0 Å². The molecule has 7 heteroatoms. The second-order valence-electron chi connectivity index (χ2n) is 5.05. The Morgan fingerprint density at radius 2 is 2.14 bits per heavy atom. The maximum absolute atomic E-state index is 12.3. The molecule has 1 saturated carbocycles. The van der Waals surface area contributed by atoms with Crippen molar-refractivity contribution in [2.75, 3.05) is 7.11 Å². The summed E-state index contributed by atoms with van der Waals surface area (Å²) in [5, 5.41) is 23.6. The van der Waals surface area contributed by atoms with Crippen molar-refractivity contribution in [2.24, 2.45) is 0 Å². The Labute approximate surface area is 122 Å². The number of hydrogen-bond donors (Lipinski definition) is 2. The molecule has 0 unspecified atom stereocenters. The van der Waals surface area contributed by atoms with E-state index in [0.29, 0.717) is 12.8 Å². The smallest absolute Gasteiger partial charge is 0.311 e. The van der Waals surface area contributed by atoms with E-state index in [4.69, 9.17) is 4.74 Å². The number of nitro groups is 1. The molecular formula is C14H18N2O5. The predicted molar refractivity (Wildman–Crippen MR) is 75.4 cm³/mol. The molecule has 1 aromatic carbocycles. The average Bonchev–Trinajstić information content (AvgIpc) is 2.48. The second kappa shape index (κ2) is 6.53. The molecule has 0 spiro atoms. The van der Waals surface area contributed by atoms with Crippen molar-refractivity contribution in [3.8, 4) is 5.75 Å². The summed E-state index contributed by atoms with van der Waals surface area (Å²) >= 11 is 0. The van der Waals surface area contributed by atoms with Gasteiger partial charge >= 0.3 is 5.69 Å². The van der Waals surface area contributed by atoms with E-state index >= 15 is 0 Å². The van der Waals surface area contributed by atoms with Crippen LogP contribution in [0.5, 0.6) is 5.75 Å². The van der Waals surface area contributed by atoms with Gasteiger partial charge in [0.15, 0.2) is 0 Å². The van der Waals surface area contributed by atoms with Crippen LogP contribution in [0.25, 0.3) is 0 Å². The van der Waals surface area contributed by atoms with Crippen LogP contribution in [0, 0.1) is 10.1 Å². The van der Waals surface area contributed by atoms with Crippen LogP contribution in [0.1, 0.15) is 36.0 Å². The molecule has 0 bridgehead atoms. The number of para-hydroxylation sites is 1. The highest BCUT2D eigenvalue weighted by atomic mass is 16.6. The fourth-order valence-electron chi connectivity index (χ4n) is 2.59. The molecule has 1 fully saturated rings. The summed E-state index contributed by atoms with van der Waals surface area (Å²) in [5.74, 6) is -0.535. The normalized spacial score (nSPS) is 21.6. The van der Waals surface area contributed by atoms with Crippen LogP contribution in [0.2, 0.25) is 0 Å². The van der Waals surface area contributed by atoms with E-state index in [2.05, 4.69) is 5.32 Å². The van der Waals surface area contributed by atoms with E-state index in [-0.39, 0.29) is 23.0 Å². The van der Waals surface area contributed by atoms with Gasteiger partial charge in [0.05, 0.1) is 29.7 Å². The van der Waals surface area contributed by atoms with Crippen LogP contribution in [0.3, 0.4) is 0 Å². The van der Waals surface area contributed by atoms with Gasteiger partial charge in [-0.15, -0.1) is 0 Å². The lowest BCUT2D eigenvalue weighted by atomic mass is 9.92. The zero-order valence-corrected chi connectivity index (χ0v) is 11.7. The highest BCUT2D eigenvalue weighted by molar-refractivity contribution is 5.98. The number of aliphatic hydroxyl groups excluding tert-OH is 1. The third-order valence-corrected chi connectivity index (χ3v) is 3.69. The standard InChI is InChI=1S/C14H18N2O5/c1-21-13-9(5-4-7-11(13)16(19)20)14(18)15-10-6-2-3-8-12(10)17/h4-5,7,10,12,17H,2-3,6,8H2,1H3,(H,15,18)/t10-,12-/m1/s1. The first-order chi connectivity index (χ1) is 10.0. The fraction of sp³-hybridized carbons (Fsp3) is 0.500. The third kappa shape index (κ3) is 3.30. The highest BCUT2D eigenvalue weighted by Gasteiger charge is 2.28. The molecule has 21 heavy (non-hydrogen) atoms. The Morgan fingerprint density at radius 1 is 1.43 bits per heavy atom. The number of methoxy groups -OCH3 is 1. The van der Waals surface area contributed by atoms with Crippen molar-refractivity contribution in [1.29, 1.82) is 0 Å². The monoisotopic (exact) mass is 294 g/mol. The number of nitrogens with one attached hydrogen (secondary N) is 1. The third-order valence-electron chi connectivity index (χ3n) is 3.69. The number of benzene rings is 1. The molecule has 1 aliphatic carbocycles. The average molecular weight is 294 g/mol. The number of aliphatic hydroxyl groups is 1. The van der Waals surface area contributed by atoms with Crippen LogP contribution in [0.4, 0.5) is 5.69 Å². The van der Waals surface area contributed by atoms with Gasteiger partial charge in [0.25, 0.3) is 5.91 Å². The summed E-state index contributed by atoms with van der Waals surface area (Å²) in [6, 6.07) is 3.86. The molecule has 114 valence electrons.